The number of carbonyl (C=O) groups is 1. The van der Waals surface area contributed by atoms with Gasteiger partial charge in [0, 0.05) is 42.8 Å². The Labute approximate surface area is 208 Å². The SMILES string of the molecule is CN1C(=O)C(c2ccc(F)c(-c3cc(Cl)cc(OS(C)(=O)=O)c3)c2)(C2CCOCC2)N=C1N.Cl. The molecule has 2 aliphatic heterocycles. The molecule has 34 heavy (non-hydrogen) atoms. The summed E-state index contributed by atoms with van der Waals surface area (Å²) in [5.74, 6) is -1.03. The fourth-order valence-electron chi connectivity index (χ4n) is 4.39. The number of ether oxygens (including phenoxy) is 1. The average molecular weight is 532 g/mol. The average Bonchev–Trinajstić information content (AvgIpc) is 2.98. The lowest BCUT2D eigenvalue weighted by molar-refractivity contribution is -0.134. The second-order valence-electron chi connectivity index (χ2n) is 8.14. The summed E-state index contributed by atoms with van der Waals surface area (Å²) in [4.78, 5) is 19.3. The maximum absolute atomic E-state index is 15.0. The highest BCUT2D eigenvalue weighted by Gasteiger charge is 2.53. The summed E-state index contributed by atoms with van der Waals surface area (Å²) in [6.45, 7) is 0.959. The van der Waals surface area contributed by atoms with Crippen LogP contribution in [-0.2, 0) is 25.2 Å². The first-order chi connectivity index (χ1) is 15.5. The first-order valence-electron chi connectivity index (χ1n) is 10.2. The molecular formula is C22H24Cl2FN3O5S. The van der Waals surface area contributed by atoms with E-state index in [1.165, 1.54) is 41.3 Å². The van der Waals surface area contributed by atoms with Crippen molar-refractivity contribution in [2.45, 2.75) is 18.4 Å². The zero-order valence-electron chi connectivity index (χ0n) is 18.5. The van der Waals surface area contributed by atoms with Crippen molar-refractivity contribution in [2.24, 2.45) is 16.6 Å². The third kappa shape index (κ3) is 4.86. The smallest absolute Gasteiger partial charge is 0.306 e. The molecule has 2 aliphatic rings. The predicted molar refractivity (Wildman–Crippen MR) is 129 cm³/mol. The van der Waals surface area contributed by atoms with Crippen LogP contribution in [0.15, 0.2) is 41.4 Å². The summed E-state index contributed by atoms with van der Waals surface area (Å²) in [6.07, 6.45) is 2.08. The highest BCUT2D eigenvalue weighted by Crippen LogP contribution is 2.45. The van der Waals surface area contributed by atoms with Gasteiger partial charge in [0.25, 0.3) is 5.91 Å². The number of likely N-dealkylation sites (N-methyl/N-ethyl adjacent to an activating group) is 1. The molecule has 1 amide bonds. The van der Waals surface area contributed by atoms with Gasteiger partial charge in [-0.3, -0.25) is 9.69 Å². The zero-order chi connectivity index (χ0) is 24.0. The van der Waals surface area contributed by atoms with E-state index in [-0.39, 0.29) is 46.5 Å². The van der Waals surface area contributed by atoms with Crippen LogP contribution < -0.4 is 9.92 Å². The topological polar surface area (TPSA) is 111 Å². The summed E-state index contributed by atoms with van der Waals surface area (Å²) in [7, 11) is -2.26. The van der Waals surface area contributed by atoms with Crippen molar-refractivity contribution in [2.75, 3.05) is 26.5 Å². The minimum absolute atomic E-state index is 0. The van der Waals surface area contributed by atoms with Gasteiger partial charge in [-0.25, -0.2) is 9.38 Å². The molecule has 4 rings (SSSR count). The van der Waals surface area contributed by atoms with Gasteiger partial charge in [0.1, 0.15) is 11.6 Å². The lowest BCUT2D eigenvalue weighted by Crippen LogP contribution is -2.46. The standard InChI is InChI=1S/C22H23ClFN3O5S.ClH/c1-27-20(28)22(26-21(27)25,14-5-7-31-8-6-14)15-3-4-19(24)18(11-15)13-9-16(23)12-17(10-13)32-33(2,29)30;/h3-4,9-12,14H,5-8H2,1-2H3,(H2,25,26);1H. The molecule has 0 radical (unpaired) electrons. The van der Waals surface area contributed by atoms with E-state index in [9.17, 15) is 17.6 Å². The van der Waals surface area contributed by atoms with Crippen LogP contribution in [0.4, 0.5) is 4.39 Å². The molecule has 1 saturated heterocycles. The van der Waals surface area contributed by atoms with Crippen molar-refractivity contribution < 1.29 is 26.5 Å². The Balaban J connectivity index is 0.00000324. The monoisotopic (exact) mass is 531 g/mol. The summed E-state index contributed by atoms with van der Waals surface area (Å²) < 4.78 is 48.5. The summed E-state index contributed by atoms with van der Waals surface area (Å²) >= 11 is 6.15. The summed E-state index contributed by atoms with van der Waals surface area (Å²) in [5.41, 5.74) is 5.61. The van der Waals surface area contributed by atoms with Gasteiger partial charge in [-0.05, 0) is 48.2 Å². The highest BCUT2D eigenvalue weighted by atomic mass is 35.5. The fourth-order valence-corrected chi connectivity index (χ4v) is 5.06. The van der Waals surface area contributed by atoms with Crippen molar-refractivity contribution in [1.29, 1.82) is 0 Å². The van der Waals surface area contributed by atoms with Crippen molar-refractivity contribution in [3.63, 3.8) is 0 Å². The summed E-state index contributed by atoms with van der Waals surface area (Å²) in [6, 6.07) is 8.49. The van der Waals surface area contributed by atoms with Gasteiger partial charge in [-0.2, -0.15) is 8.42 Å². The fraction of sp³-hybridized carbons (Fsp3) is 0.364. The number of nitrogens with zero attached hydrogens (tertiary/aromatic N) is 2. The number of benzene rings is 2. The molecule has 0 spiro atoms. The number of carbonyl (C=O) groups excluding carboxylic acids is 1. The molecule has 0 aliphatic carbocycles. The molecule has 0 saturated carbocycles. The molecule has 184 valence electrons. The first-order valence-corrected chi connectivity index (χ1v) is 12.4. The van der Waals surface area contributed by atoms with E-state index in [2.05, 4.69) is 4.99 Å². The molecule has 12 heteroatoms. The summed E-state index contributed by atoms with van der Waals surface area (Å²) in [5, 5.41) is 0.161. The third-order valence-corrected chi connectivity index (χ3v) is 6.63. The lowest BCUT2D eigenvalue weighted by Gasteiger charge is -2.36. The molecule has 0 bridgehead atoms. The van der Waals surface area contributed by atoms with Gasteiger partial charge < -0.3 is 14.7 Å². The Morgan fingerprint density at radius 1 is 1.24 bits per heavy atom. The Kier molecular flexibility index (Phi) is 7.47. The number of nitrogens with two attached hydrogens (primary N) is 1. The molecular weight excluding hydrogens is 508 g/mol. The van der Waals surface area contributed by atoms with E-state index >= 15 is 0 Å². The lowest BCUT2D eigenvalue weighted by atomic mass is 9.73. The zero-order valence-corrected chi connectivity index (χ0v) is 20.8. The van der Waals surface area contributed by atoms with Crippen LogP contribution in [0.5, 0.6) is 5.75 Å². The molecule has 2 heterocycles. The van der Waals surface area contributed by atoms with Crippen LogP contribution in [0, 0.1) is 11.7 Å². The molecule has 0 aromatic heterocycles. The molecule has 8 nitrogen and oxygen atoms in total. The van der Waals surface area contributed by atoms with Crippen LogP contribution in [0.1, 0.15) is 18.4 Å². The van der Waals surface area contributed by atoms with Gasteiger partial charge in [-0.15, -0.1) is 12.4 Å². The largest absolute Gasteiger partial charge is 0.383 e. The number of hydrogen-bond acceptors (Lipinski definition) is 7. The van der Waals surface area contributed by atoms with Crippen molar-refractivity contribution in [3.05, 3.63) is 52.8 Å². The molecule has 2 aromatic rings. The van der Waals surface area contributed by atoms with Crippen LogP contribution in [0.25, 0.3) is 11.1 Å². The predicted octanol–water partition coefficient (Wildman–Crippen LogP) is 3.31. The van der Waals surface area contributed by atoms with E-state index in [0.29, 0.717) is 37.2 Å². The van der Waals surface area contributed by atoms with Gasteiger partial charge in [0.05, 0.1) is 6.26 Å². The number of guanidine groups is 1. The normalized spacial score (nSPS) is 21.2. The second kappa shape index (κ2) is 9.69. The minimum Gasteiger partial charge on any atom is -0.383 e. The van der Waals surface area contributed by atoms with Crippen LogP contribution in [0.2, 0.25) is 5.02 Å². The Hall–Kier alpha value is -2.40. The third-order valence-electron chi connectivity index (χ3n) is 5.91. The number of hydrogen-bond donors (Lipinski definition) is 1. The van der Waals surface area contributed by atoms with Crippen molar-refractivity contribution >= 4 is 46.0 Å². The van der Waals surface area contributed by atoms with Gasteiger partial charge >= 0.3 is 10.1 Å². The molecule has 2 aromatic carbocycles. The Morgan fingerprint density at radius 3 is 2.50 bits per heavy atom. The van der Waals surface area contributed by atoms with Crippen molar-refractivity contribution in [3.8, 4) is 16.9 Å². The highest BCUT2D eigenvalue weighted by molar-refractivity contribution is 7.86. The van der Waals surface area contributed by atoms with Gasteiger partial charge in [0.2, 0.25) is 0 Å². The quantitative estimate of drug-likeness (QED) is 0.592. The number of halogens is 3. The maximum Gasteiger partial charge on any atom is 0.306 e. The number of aliphatic imine (C=N–C) groups is 1. The van der Waals surface area contributed by atoms with Crippen molar-refractivity contribution in [1.82, 2.24) is 4.90 Å². The van der Waals surface area contributed by atoms with E-state index < -0.39 is 21.5 Å². The minimum atomic E-state index is -3.81. The van der Waals surface area contributed by atoms with Crippen LogP contribution >= 0.6 is 24.0 Å². The number of amides is 1. The first kappa shape index (κ1) is 26.2. The second-order valence-corrected chi connectivity index (χ2v) is 10.2. The van der Waals surface area contributed by atoms with E-state index in [4.69, 9.17) is 26.3 Å². The maximum atomic E-state index is 15.0. The molecule has 1 unspecified atom stereocenters. The van der Waals surface area contributed by atoms with Crippen LogP contribution in [-0.4, -0.2) is 51.7 Å². The molecule has 2 N–H and O–H groups in total. The number of rotatable bonds is 5. The Morgan fingerprint density at radius 2 is 1.91 bits per heavy atom. The van der Waals surface area contributed by atoms with Gasteiger partial charge in [0.15, 0.2) is 11.5 Å². The molecule has 1 fully saturated rings. The van der Waals surface area contributed by atoms with Crippen LogP contribution in [0.3, 0.4) is 0 Å². The molecule has 1 atom stereocenters. The van der Waals surface area contributed by atoms with Gasteiger partial charge in [-0.1, -0.05) is 17.7 Å². The van der Waals surface area contributed by atoms with E-state index in [1.54, 1.807) is 7.05 Å². The van der Waals surface area contributed by atoms with E-state index in [1.807, 2.05) is 0 Å². The Bertz CT molecular complexity index is 1250. The van der Waals surface area contributed by atoms with E-state index in [0.717, 1.165) is 6.26 Å².